The molecule has 7 nitrogen and oxygen atoms in total. The highest BCUT2D eigenvalue weighted by Gasteiger charge is 2.20. The van der Waals surface area contributed by atoms with Crippen LogP contribution in [0.5, 0.6) is 0 Å². The Labute approximate surface area is 183 Å². The van der Waals surface area contributed by atoms with Gasteiger partial charge in [0.1, 0.15) is 6.54 Å². The van der Waals surface area contributed by atoms with E-state index in [1.807, 2.05) is 25.1 Å². The number of aromatic nitrogens is 2. The third-order valence-corrected chi connectivity index (χ3v) is 5.46. The monoisotopic (exact) mass is 448 g/mol. The lowest BCUT2D eigenvalue weighted by molar-refractivity contribution is -0.135. The first-order chi connectivity index (χ1) is 14.4. The van der Waals surface area contributed by atoms with Crippen LogP contribution in [0.4, 0.5) is 5.69 Å². The Hall–Kier alpha value is -2.77. The van der Waals surface area contributed by atoms with Crippen LogP contribution in [-0.2, 0) is 22.7 Å². The molecular weight excluding hydrogens is 427 g/mol. The Balaban J connectivity index is 1.78. The zero-order valence-corrected chi connectivity index (χ0v) is 18.2. The number of carbonyl (C=O) groups is 2. The van der Waals surface area contributed by atoms with Gasteiger partial charge < -0.3 is 10.2 Å². The first-order valence-corrected chi connectivity index (χ1v) is 10.3. The van der Waals surface area contributed by atoms with Crippen LogP contribution in [-0.4, -0.2) is 38.9 Å². The molecule has 0 aliphatic carbocycles. The number of nitrogens with zero attached hydrogens (tertiary/aromatic N) is 3. The Morgan fingerprint density at radius 2 is 1.57 bits per heavy atom. The summed E-state index contributed by atoms with van der Waals surface area (Å²) < 4.78 is 3.05. The number of benzene rings is 2. The fourth-order valence-electron chi connectivity index (χ4n) is 3.31. The first-order valence-electron chi connectivity index (χ1n) is 9.57. The SMILES string of the molecule is CCN(CC(=O)Nc1c(Cl)cccc1Cl)C(=O)Cn1c(=O)n(CC)c2ccccc21. The second-order valence-corrected chi connectivity index (χ2v) is 7.47. The highest BCUT2D eigenvalue weighted by atomic mass is 35.5. The largest absolute Gasteiger partial charge is 0.332 e. The van der Waals surface area contributed by atoms with Gasteiger partial charge in [0.05, 0.1) is 33.3 Å². The Kier molecular flexibility index (Phi) is 6.84. The Morgan fingerprint density at radius 1 is 0.967 bits per heavy atom. The van der Waals surface area contributed by atoms with Gasteiger partial charge in [-0.05, 0) is 38.1 Å². The molecule has 0 fully saturated rings. The molecule has 0 radical (unpaired) electrons. The van der Waals surface area contributed by atoms with Crippen molar-refractivity contribution in [3.05, 3.63) is 63.0 Å². The average molecular weight is 449 g/mol. The summed E-state index contributed by atoms with van der Waals surface area (Å²) in [6.45, 7) is 4.12. The number of aryl methyl sites for hydroxylation is 1. The van der Waals surface area contributed by atoms with Crippen molar-refractivity contribution in [3.8, 4) is 0 Å². The van der Waals surface area contributed by atoms with E-state index >= 15 is 0 Å². The van der Waals surface area contributed by atoms with Crippen molar-refractivity contribution < 1.29 is 9.59 Å². The van der Waals surface area contributed by atoms with Gasteiger partial charge in [-0.15, -0.1) is 0 Å². The van der Waals surface area contributed by atoms with Crippen molar-refractivity contribution in [2.24, 2.45) is 0 Å². The van der Waals surface area contributed by atoms with Gasteiger partial charge in [0.25, 0.3) is 0 Å². The molecule has 0 atom stereocenters. The zero-order chi connectivity index (χ0) is 21.8. The number of rotatable bonds is 7. The first kappa shape index (κ1) is 21.9. The van der Waals surface area contributed by atoms with E-state index in [9.17, 15) is 14.4 Å². The second-order valence-electron chi connectivity index (χ2n) is 6.65. The van der Waals surface area contributed by atoms with Gasteiger partial charge in [-0.1, -0.05) is 41.4 Å². The summed E-state index contributed by atoms with van der Waals surface area (Å²) in [5, 5.41) is 3.27. The smallest absolute Gasteiger partial charge is 0.329 e. The molecule has 0 spiro atoms. The second kappa shape index (κ2) is 9.36. The van der Waals surface area contributed by atoms with Gasteiger partial charge in [0.15, 0.2) is 0 Å². The predicted molar refractivity (Wildman–Crippen MR) is 119 cm³/mol. The third-order valence-electron chi connectivity index (χ3n) is 4.83. The zero-order valence-electron chi connectivity index (χ0n) is 16.7. The van der Waals surface area contributed by atoms with E-state index in [-0.39, 0.29) is 24.7 Å². The van der Waals surface area contributed by atoms with Crippen LogP contribution >= 0.6 is 23.2 Å². The number of anilines is 1. The van der Waals surface area contributed by atoms with Crippen molar-refractivity contribution in [2.75, 3.05) is 18.4 Å². The van der Waals surface area contributed by atoms with Crippen LogP contribution in [0.25, 0.3) is 11.0 Å². The Bertz CT molecular complexity index is 1130. The summed E-state index contributed by atoms with van der Waals surface area (Å²) in [5.74, 6) is -0.762. The number of nitrogens with one attached hydrogen (secondary N) is 1. The van der Waals surface area contributed by atoms with Gasteiger partial charge in [-0.2, -0.15) is 0 Å². The van der Waals surface area contributed by atoms with Gasteiger partial charge >= 0.3 is 5.69 Å². The molecule has 0 aliphatic rings. The third kappa shape index (κ3) is 4.37. The molecule has 3 rings (SSSR count). The molecule has 2 amide bonds. The normalized spacial score (nSPS) is 10.9. The predicted octanol–water partition coefficient (Wildman–Crippen LogP) is 3.62. The number of hydrogen-bond acceptors (Lipinski definition) is 3. The lowest BCUT2D eigenvalue weighted by atomic mass is 10.3. The van der Waals surface area contributed by atoms with Crippen LogP contribution in [0.1, 0.15) is 13.8 Å². The van der Waals surface area contributed by atoms with Crippen molar-refractivity contribution in [1.29, 1.82) is 0 Å². The van der Waals surface area contributed by atoms with E-state index in [4.69, 9.17) is 23.2 Å². The molecule has 0 unspecified atom stereocenters. The minimum absolute atomic E-state index is 0.152. The highest BCUT2D eigenvalue weighted by molar-refractivity contribution is 6.39. The number of halogens is 2. The molecule has 1 N–H and O–H groups in total. The molecule has 3 aromatic rings. The summed E-state index contributed by atoms with van der Waals surface area (Å²) in [6, 6.07) is 12.2. The van der Waals surface area contributed by atoms with Crippen molar-refractivity contribution in [3.63, 3.8) is 0 Å². The number of hydrogen-bond donors (Lipinski definition) is 1. The molecular formula is C21H22Cl2N4O3. The molecule has 0 saturated heterocycles. The van der Waals surface area contributed by atoms with E-state index in [2.05, 4.69) is 5.32 Å². The van der Waals surface area contributed by atoms with Crippen LogP contribution in [0.2, 0.25) is 10.0 Å². The van der Waals surface area contributed by atoms with Crippen LogP contribution < -0.4 is 11.0 Å². The number of carbonyl (C=O) groups excluding carboxylic acids is 2. The number of fused-ring (bicyclic) bond motifs is 1. The summed E-state index contributed by atoms with van der Waals surface area (Å²) in [6.07, 6.45) is 0. The minimum Gasteiger partial charge on any atom is -0.332 e. The lowest BCUT2D eigenvalue weighted by Crippen LogP contribution is -2.41. The maximum Gasteiger partial charge on any atom is 0.329 e. The van der Waals surface area contributed by atoms with Crippen molar-refractivity contribution >= 4 is 51.7 Å². The molecule has 1 aromatic heterocycles. The van der Waals surface area contributed by atoms with E-state index < -0.39 is 5.91 Å². The molecule has 158 valence electrons. The molecule has 0 bridgehead atoms. The fourth-order valence-corrected chi connectivity index (χ4v) is 3.80. The van der Waals surface area contributed by atoms with Gasteiger partial charge in [0, 0.05) is 13.1 Å². The molecule has 0 aliphatic heterocycles. The minimum atomic E-state index is -0.427. The number of para-hydroxylation sites is 3. The summed E-state index contributed by atoms with van der Waals surface area (Å²) in [4.78, 5) is 39.5. The molecule has 9 heteroatoms. The van der Waals surface area contributed by atoms with E-state index in [0.29, 0.717) is 34.3 Å². The highest BCUT2D eigenvalue weighted by Crippen LogP contribution is 2.29. The maximum atomic E-state index is 12.9. The summed E-state index contributed by atoms with van der Waals surface area (Å²) in [5.41, 5.74) is 1.50. The van der Waals surface area contributed by atoms with Gasteiger partial charge in [-0.25, -0.2) is 4.79 Å². The number of likely N-dealkylation sites (N-methyl/N-ethyl adjacent to an activating group) is 1. The number of imidazole rings is 1. The van der Waals surface area contributed by atoms with Gasteiger partial charge in [0.2, 0.25) is 11.8 Å². The van der Waals surface area contributed by atoms with Crippen LogP contribution in [0, 0.1) is 0 Å². The number of amides is 2. The van der Waals surface area contributed by atoms with Crippen molar-refractivity contribution in [1.82, 2.24) is 14.0 Å². The summed E-state index contributed by atoms with van der Waals surface area (Å²) in [7, 11) is 0. The molecule has 2 aromatic carbocycles. The Morgan fingerprint density at radius 3 is 2.13 bits per heavy atom. The van der Waals surface area contributed by atoms with E-state index in [0.717, 1.165) is 5.52 Å². The summed E-state index contributed by atoms with van der Waals surface area (Å²) >= 11 is 12.2. The molecule has 30 heavy (non-hydrogen) atoms. The maximum absolute atomic E-state index is 12.9. The standard InChI is InChI=1S/C21H22Cl2N4O3/c1-3-25(12-18(28)24-20-14(22)8-7-9-15(20)23)19(29)13-27-17-11-6-5-10-16(17)26(4-2)21(27)30/h5-11H,3-4,12-13H2,1-2H3,(H,24,28). The lowest BCUT2D eigenvalue weighted by Gasteiger charge is -2.21. The van der Waals surface area contributed by atoms with E-state index in [1.54, 1.807) is 35.8 Å². The average Bonchev–Trinajstić information content (AvgIpc) is 3.00. The van der Waals surface area contributed by atoms with Crippen LogP contribution in [0.3, 0.4) is 0 Å². The fraction of sp³-hybridized carbons (Fsp3) is 0.286. The van der Waals surface area contributed by atoms with Gasteiger partial charge in [-0.3, -0.25) is 18.7 Å². The van der Waals surface area contributed by atoms with Crippen LogP contribution in [0.15, 0.2) is 47.3 Å². The van der Waals surface area contributed by atoms with Crippen molar-refractivity contribution in [2.45, 2.75) is 26.9 Å². The molecule has 0 saturated carbocycles. The quantitative estimate of drug-likeness (QED) is 0.599. The molecule has 1 heterocycles. The van der Waals surface area contributed by atoms with E-state index in [1.165, 1.54) is 9.47 Å². The topological polar surface area (TPSA) is 76.3 Å².